The van der Waals surface area contributed by atoms with Crippen LogP contribution in [0.15, 0.2) is 6.08 Å². The van der Waals surface area contributed by atoms with E-state index in [9.17, 15) is 8.78 Å². The van der Waals surface area contributed by atoms with Gasteiger partial charge in [0.1, 0.15) is 0 Å². The molecule has 1 N–H and O–H groups in total. The Morgan fingerprint density at radius 1 is 1.64 bits per heavy atom. The van der Waals surface area contributed by atoms with Crippen LogP contribution >= 0.6 is 0 Å². The van der Waals surface area contributed by atoms with Gasteiger partial charge in [-0.05, 0) is 12.2 Å². The van der Waals surface area contributed by atoms with Crippen molar-refractivity contribution < 1.29 is 8.78 Å². The van der Waals surface area contributed by atoms with Gasteiger partial charge in [-0.1, -0.05) is 0 Å². The molecule has 0 atom stereocenters. The molecule has 0 saturated heterocycles. The lowest BCUT2D eigenvalue weighted by Gasteiger charge is -2.14. The minimum atomic E-state index is -2.73. The number of hydrogen-bond donors (Lipinski definition) is 1. The van der Waals surface area contributed by atoms with E-state index in [0.29, 0.717) is 11.4 Å². The fourth-order valence-electron chi connectivity index (χ4n) is 1.06. The molecule has 1 aliphatic carbocycles. The summed E-state index contributed by atoms with van der Waals surface area (Å²) in [6.07, 6.45) is 4.30. The molecule has 0 unspecified atom stereocenters. The molecule has 1 aromatic heterocycles. The van der Waals surface area contributed by atoms with Crippen LogP contribution in [0.3, 0.4) is 0 Å². The van der Waals surface area contributed by atoms with Crippen molar-refractivity contribution in [3.63, 3.8) is 0 Å². The van der Waals surface area contributed by atoms with Gasteiger partial charge in [-0.25, -0.2) is 13.8 Å². The molecule has 1 aromatic rings. The van der Waals surface area contributed by atoms with Crippen molar-refractivity contribution in [3.8, 4) is 0 Å². The van der Waals surface area contributed by atoms with Gasteiger partial charge in [-0.3, -0.25) is 0 Å². The maximum Gasteiger partial charge on any atom is 0.272 e. The van der Waals surface area contributed by atoms with Gasteiger partial charge < -0.3 is 4.98 Å². The smallest absolute Gasteiger partial charge is 0.272 e. The summed E-state index contributed by atoms with van der Waals surface area (Å²) in [5.74, 6) is -2.73. The number of H-pyrrole nitrogens is 1. The summed E-state index contributed by atoms with van der Waals surface area (Å²) in [5.41, 5.74) is 1.02. The fraction of sp³-hybridized carbons (Fsp3) is 0.286. The Hall–Kier alpha value is -1.19. The fourth-order valence-corrected chi connectivity index (χ4v) is 1.06. The first-order valence-electron chi connectivity index (χ1n) is 3.19. The van der Waals surface area contributed by atoms with Crippen molar-refractivity contribution >= 4 is 6.08 Å². The second kappa shape index (κ2) is 1.90. The van der Waals surface area contributed by atoms with E-state index in [1.807, 2.05) is 0 Å². The molecule has 11 heavy (non-hydrogen) atoms. The number of hydrogen-bond acceptors (Lipinski definition) is 1. The highest BCUT2D eigenvalue weighted by Crippen LogP contribution is 2.27. The number of halogens is 2. The highest BCUT2D eigenvalue weighted by molar-refractivity contribution is 5.51. The number of aromatic amines is 1. The first kappa shape index (κ1) is 6.52. The molecule has 2 rings (SSSR count). The standard InChI is InChI=1S/C7H5F2N2/c8-7(9)2-1-5-6(3-7)11-4-10-5/h1-2H,3H2,(H,10,11). The molecule has 1 aliphatic rings. The van der Waals surface area contributed by atoms with Gasteiger partial charge in [-0.15, -0.1) is 0 Å². The lowest BCUT2D eigenvalue weighted by Crippen LogP contribution is -2.19. The lowest BCUT2D eigenvalue weighted by molar-refractivity contribution is 0.0543. The zero-order valence-electron chi connectivity index (χ0n) is 5.56. The SMILES string of the molecule is FC1(F)C=Cc2n[c][nH]c2C1. The van der Waals surface area contributed by atoms with Crippen molar-refractivity contribution in [1.82, 2.24) is 9.97 Å². The Labute approximate surface area is 62.0 Å². The number of fused-ring (bicyclic) bond motifs is 1. The molecule has 1 heterocycles. The summed E-state index contributed by atoms with van der Waals surface area (Å²) in [5, 5.41) is 0. The summed E-state index contributed by atoms with van der Waals surface area (Å²) < 4.78 is 25.2. The minimum absolute atomic E-state index is 0.296. The third-order valence-corrected chi connectivity index (χ3v) is 1.59. The van der Waals surface area contributed by atoms with Crippen LogP contribution in [0.5, 0.6) is 0 Å². The Balaban J connectivity index is 2.44. The summed E-state index contributed by atoms with van der Waals surface area (Å²) in [6, 6.07) is 0. The normalized spacial score (nSPS) is 19.8. The van der Waals surface area contributed by atoms with Gasteiger partial charge in [0, 0.05) is 5.69 Å². The lowest BCUT2D eigenvalue weighted by atomic mass is 10.1. The first-order chi connectivity index (χ1) is 5.17. The highest BCUT2D eigenvalue weighted by Gasteiger charge is 2.30. The summed E-state index contributed by atoms with van der Waals surface area (Å²) in [7, 11) is 0. The van der Waals surface area contributed by atoms with Gasteiger partial charge in [0.05, 0.1) is 12.1 Å². The van der Waals surface area contributed by atoms with Crippen LogP contribution in [0.25, 0.3) is 6.08 Å². The Morgan fingerprint density at radius 3 is 3.27 bits per heavy atom. The van der Waals surface area contributed by atoms with E-state index in [4.69, 9.17) is 0 Å². The minimum Gasteiger partial charge on any atom is -0.339 e. The van der Waals surface area contributed by atoms with E-state index < -0.39 is 5.92 Å². The predicted octanol–water partition coefficient (Wildman–Crippen LogP) is 1.41. The van der Waals surface area contributed by atoms with Crippen LogP contribution in [0.1, 0.15) is 11.4 Å². The van der Waals surface area contributed by atoms with E-state index in [2.05, 4.69) is 16.3 Å². The largest absolute Gasteiger partial charge is 0.339 e. The summed E-state index contributed by atoms with van der Waals surface area (Å²) >= 11 is 0. The molecule has 0 aromatic carbocycles. The van der Waals surface area contributed by atoms with Crippen LogP contribution in [0, 0.1) is 6.33 Å². The van der Waals surface area contributed by atoms with Gasteiger partial charge in [0.15, 0.2) is 6.33 Å². The van der Waals surface area contributed by atoms with E-state index in [-0.39, 0.29) is 6.42 Å². The average molecular weight is 155 g/mol. The second-order valence-corrected chi connectivity index (χ2v) is 2.48. The van der Waals surface area contributed by atoms with Crippen LogP contribution in [0.2, 0.25) is 0 Å². The maximum absolute atomic E-state index is 12.6. The van der Waals surface area contributed by atoms with Crippen molar-refractivity contribution in [2.75, 3.05) is 0 Å². The number of nitrogens with one attached hydrogen (secondary N) is 1. The first-order valence-corrected chi connectivity index (χ1v) is 3.19. The topological polar surface area (TPSA) is 28.7 Å². The molecule has 0 bridgehead atoms. The molecule has 0 spiro atoms. The number of aromatic nitrogens is 2. The molecule has 4 heteroatoms. The molecule has 1 radical (unpaired) electrons. The van der Waals surface area contributed by atoms with Crippen molar-refractivity contribution in [3.05, 3.63) is 23.8 Å². The van der Waals surface area contributed by atoms with E-state index in [0.717, 1.165) is 6.08 Å². The predicted molar refractivity (Wildman–Crippen MR) is 35.1 cm³/mol. The average Bonchev–Trinajstić information content (AvgIpc) is 2.31. The number of nitrogens with zero attached hydrogens (tertiary/aromatic N) is 1. The molecule has 0 saturated carbocycles. The molecule has 0 aliphatic heterocycles. The van der Waals surface area contributed by atoms with E-state index in [1.165, 1.54) is 6.08 Å². The number of rotatable bonds is 0. The molecule has 0 amide bonds. The Bertz CT molecular complexity index is 301. The monoisotopic (exact) mass is 155 g/mol. The summed E-state index contributed by atoms with van der Waals surface area (Å²) in [4.78, 5) is 6.27. The van der Waals surface area contributed by atoms with Gasteiger partial charge in [0.2, 0.25) is 0 Å². The Kier molecular flexibility index (Phi) is 1.13. The molecule has 2 nitrogen and oxygen atoms in total. The number of imidazole rings is 1. The van der Waals surface area contributed by atoms with Crippen LogP contribution < -0.4 is 0 Å². The number of allylic oxidation sites excluding steroid dienone is 1. The zero-order chi connectivity index (χ0) is 7.90. The van der Waals surface area contributed by atoms with Crippen molar-refractivity contribution in [2.24, 2.45) is 0 Å². The quantitative estimate of drug-likeness (QED) is 0.603. The molecule has 0 fully saturated rings. The van der Waals surface area contributed by atoms with Crippen LogP contribution in [-0.2, 0) is 6.42 Å². The zero-order valence-corrected chi connectivity index (χ0v) is 5.56. The Morgan fingerprint density at radius 2 is 2.45 bits per heavy atom. The van der Waals surface area contributed by atoms with E-state index >= 15 is 0 Å². The van der Waals surface area contributed by atoms with Gasteiger partial charge in [0.25, 0.3) is 5.92 Å². The van der Waals surface area contributed by atoms with Crippen LogP contribution in [-0.4, -0.2) is 15.9 Å². The van der Waals surface area contributed by atoms with Crippen molar-refractivity contribution in [1.29, 1.82) is 0 Å². The third-order valence-electron chi connectivity index (χ3n) is 1.59. The molecule has 57 valence electrons. The third kappa shape index (κ3) is 1.04. The maximum atomic E-state index is 12.6. The van der Waals surface area contributed by atoms with Gasteiger partial charge in [-0.2, -0.15) is 0 Å². The molecular weight excluding hydrogens is 150 g/mol. The highest BCUT2D eigenvalue weighted by atomic mass is 19.3. The molecular formula is C7H5F2N2. The second-order valence-electron chi connectivity index (χ2n) is 2.48. The van der Waals surface area contributed by atoms with Gasteiger partial charge >= 0.3 is 0 Å². The number of alkyl halides is 2. The van der Waals surface area contributed by atoms with Crippen molar-refractivity contribution in [2.45, 2.75) is 12.3 Å². The van der Waals surface area contributed by atoms with E-state index in [1.54, 1.807) is 0 Å². The van der Waals surface area contributed by atoms with Crippen LogP contribution in [0.4, 0.5) is 8.78 Å². The summed E-state index contributed by atoms with van der Waals surface area (Å²) in [6.45, 7) is 0.